The molecule has 2 amide bonds. The standard InChI is InChI=1S/C19H32N2O/c1-7-16-10-9-11-17(8-2)18(16)20-19(22)21(12-14(3)4)13-15(5)6/h9-11,14-15H,7-8,12-13H2,1-6H3,(H,20,22). The van der Waals surface area contributed by atoms with Crippen LogP contribution in [-0.4, -0.2) is 24.0 Å². The lowest BCUT2D eigenvalue weighted by Crippen LogP contribution is -2.40. The minimum atomic E-state index is 0.0259. The molecule has 22 heavy (non-hydrogen) atoms. The smallest absolute Gasteiger partial charge is 0.321 e. The van der Waals surface area contributed by atoms with Gasteiger partial charge in [0.1, 0.15) is 0 Å². The van der Waals surface area contributed by atoms with E-state index < -0.39 is 0 Å². The van der Waals surface area contributed by atoms with E-state index in [1.54, 1.807) is 0 Å². The second-order valence-corrected chi connectivity index (χ2v) is 6.78. The molecule has 0 atom stereocenters. The number of carbonyl (C=O) groups is 1. The molecule has 0 saturated carbocycles. The predicted octanol–water partition coefficient (Wildman–Crippen LogP) is 4.96. The van der Waals surface area contributed by atoms with Crippen LogP contribution in [0.3, 0.4) is 0 Å². The van der Waals surface area contributed by atoms with Gasteiger partial charge >= 0.3 is 6.03 Å². The zero-order chi connectivity index (χ0) is 16.7. The number of aryl methyl sites for hydroxylation is 2. The number of rotatable bonds is 7. The minimum absolute atomic E-state index is 0.0259. The zero-order valence-corrected chi connectivity index (χ0v) is 15.1. The number of urea groups is 1. The molecular formula is C19H32N2O. The van der Waals surface area contributed by atoms with Crippen LogP contribution >= 0.6 is 0 Å². The van der Waals surface area contributed by atoms with Crippen LogP contribution in [0.4, 0.5) is 10.5 Å². The van der Waals surface area contributed by atoms with E-state index in [2.05, 4.69) is 65.1 Å². The molecular weight excluding hydrogens is 272 g/mol. The molecule has 0 radical (unpaired) electrons. The quantitative estimate of drug-likeness (QED) is 0.759. The van der Waals surface area contributed by atoms with Gasteiger partial charge in [0.25, 0.3) is 0 Å². The van der Waals surface area contributed by atoms with Crippen molar-refractivity contribution in [2.75, 3.05) is 18.4 Å². The summed E-state index contributed by atoms with van der Waals surface area (Å²) in [5.74, 6) is 0.938. The second kappa shape index (κ2) is 8.82. The van der Waals surface area contributed by atoms with E-state index >= 15 is 0 Å². The van der Waals surface area contributed by atoms with Gasteiger partial charge in [0.05, 0.1) is 0 Å². The van der Waals surface area contributed by atoms with Crippen LogP contribution in [0, 0.1) is 11.8 Å². The summed E-state index contributed by atoms with van der Waals surface area (Å²) in [6.07, 6.45) is 1.86. The molecule has 1 aromatic carbocycles. The molecule has 0 fully saturated rings. The first-order valence-electron chi connectivity index (χ1n) is 8.55. The van der Waals surface area contributed by atoms with Crippen LogP contribution in [0.15, 0.2) is 18.2 Å². The van der Waals surface area contributed by atoms with Gasteiger partial charge in [-0.2, -0.15) is 0 Å². The Kier molecular flexibility index (Phi) is 7.43. The predicted molar refractivity (Wildman–Crippen MR) is 95.5 cm³/mol. The Morgan fingerprint density at radius 1 is 1.00 bits per heavy atom. The lowest BCUT2D eigenvalue weighted by atomic mass is 10.0. The van der Waals surface area contributed by atoms with Crippen LogP contribution in [-0.2, 0) is 12.8 Å². The Morgan fingerprint density at radius 3 is 1.82 bits per heavy atom. The number of amides is 2. The summed E-state index contributed by atoms with van der Waals surface area (Å²) in [5, 5.41) is 3.18. The summed E-state index contributed by atoms with van der Waals surface area (Å²) in [5.41, 5.74) is 3.43. The summed E-state index contributed by atoms with van der Waals surface area (Å²) in [4.78, 5) is 14.7. The van der Waals surface area contributed by atoms with Crippen molar-refractivity contribution < 1.29 is 4.79 Å². The van der Waals surface area contributed by atoms with Gasteiger partial charge < -0.3 is 10.2 Å². The van der Waals surface area contributed by atoms with Gasteiger partial charge in [0.15, 0.2) is 0 Å². The molecule has 1 N–H and O–H groups in total. The fourth-order valence-corrected chi connectivity index (χ4v) is 2.71. The van der Waals surface area contributed by atoms with E-state index in [0.717, 1.165) is 31.6 Å². The highest BCUT2D eigenvalue weighted by molar-refractivity contribution is 5.91. The first kappa shape index (κ1) is 18.5. The number of nitrogens with zero attached hydrogens (tertiary/aromatic N) is 1. The summed E-state index contributed by atoms with van der Waals surface area (Å²) >= 11 is 0. The van der Waals surface area contributed by atoms with Crippen molar-refractivity contribution in [3.05, 3.63) is 29.3 Å². The third kappa shape index (κ3) is 5.36. The van der Waals surface area contributed by atoms with Crippen LogP contribution < -0.4 is 5.32 Å². The largest absolute Gasteiger partial charge is 0.324 e. The third-order valence-corrected chi connectivity index (χ3v) is 3.69. The third-order valence-electron chi connectivity index (χ3n) is 3.69. The molecule has 0 bridgehead atoms. The molecule has 0 unspecified atom stereocenters. The van der Waals surface area contributed by atoms with Crippen molar-refractivity contribution in [1.82, 2.24) is 4.90 Å². The molecule has 0 heterocycles. The lowest BCUT2D eigenvalue weighted by Gasteiger charge is -2.27. The van der Waals surface area contributed by atoms with Crippen molar-refractivity contribution >= 4 is 11.7 Å². The van der Waals surface area contributed by atoms with E-state index in [9.17, 15) is 4.79 Å². The maximum atomic E-state index is 12.7. The number of nitrogens with one attached hydrogen (secondary N) is 1. The van der Waals surface area contributed by atoms with E-state index in [0.29, 0.717) is 11.8 Å². The van der Waals surface area contributed by atoms with Gasteiger partial charge in [0, 0.05) is 18.8 Å². The van der Waals surface area contributed by atoms with Crippen molar-refractivity contribution in [3.8, 4) is 0 Å². The average molecular weight is 304 g/mol. The van der Waals surface area contributed by atoms with Crippen LogP contribution in [0.1, 0.15) is 52.7 Å². The van der Waals surface area contributed by atoms with E-state index in [-0.39, 0.29) is 6.03 Å². The molecule has 3 nitrogen and oxygen atoms in total. The zero-order valence-electron chi connectivity index (χ0n) is 15.1. The van der Waals surface area contributed by atoms with E-state index in [1.165, 1.54) is 11.1 Å². The fourth-order valence-electron chi connectivity index (χ4n) is 2.71. The highest BCUT2D eigenvalue weighted by atomic mass is 16.2. The molecule has 0 aliphatic carbocycles. The first-order chi connectivity index (χ1) is 10.4. The molecule has 0 aliphatic heterocycles. The second-order valence-electron chi connectivity index (χ2n) is 6.78. The number of carbonyl (C=O) groups excluding carboxylic acids is 1. The molecule has 3 heteroatoms. The normalized spacial score (nSPS) is 11.1. The lowest BCUT2D eigenvalue weighted by molar-refractivity contribution is 0.196. The van der Waals surface area contributed by atoms with Gasteiger partial charge in [-0.3, -0.25) is 0 Å². The molecule has 0 saturated heterocycles. The van der Waals surface area contributed by atoms with E-state index in [4.69, 9.17) is 0 Å². The van der Waals surface area contributed by atoms with Crippen molar-refractivity contribution in [2.45, 2.75) is 54.4 Å². The highest BCUT2D eigenvalue weighted by Gasteiger charge is 2.18. The Balaban J connectivity index is 2.97. The summed E-state index contributed by atoms with van der Waals surface area (Å²) in [7, 11) is 0. The molecule has 0 spiro atoms. The number of hydrogen-bond acceptors (Lipinski definition) is 1. The molecule has 0 aliphatic rings. The van der Waals surface area contributed by atoms with Crippen LogP contribution in [0.2, 0.25) is 0 Å². The van der Waals surface area contributed by atoms with Crippen LogP contribution in [0.25, 0.3) is 0 Å². The van der Waals surface area contributed by atoms with Gasteiger partial charge in [-0.15, -0.1) is 0 Å². The molecule has 1 rings (SSSR count). The SMILES string of the molecule is CCc1cccc(CC)c1NC(=O)N(CC(C)C)CC(C)C. The maximum absolute atomic E-state index is 12.7. The van der Waals surface area contributed by atoms with Crippen molar-refractivity contribution in [2.24, 2.45) is 11.8 Å². The summed E-state index contributed by atoms with van der Waals surface area (Å²) in [6, 6.07) is 6.31. The molecule has 1 aromatic rings. The van der Waals surface area contributed by atoms with E-state index in [1.807, 2.05) is 4.90 Å². The average Bonchev–Trinajstić information content (AvgIpc) is 2.45. The number of benzene rings is 1. The molecule has 124 valence electrons. The molecule has 0 aromatic heterocycles. The Labute approximate surface area is 136 Å². The summed E-state index contributed by atoms with van der Waals surface area (Å²) < 4.78 is 0. The van der Waals surface area contributed by atoms with Crippen LogP contribution in [0.5, 0.6) is 0 Å². The fraction of sp³-hybridized carbons (Fsp3) is 0.632. The van der Waals surface area contributed by atoms with Crippen molar-refractivity contribution in [1.29, 1.82) is 0 Å². The Bertz CT molecular complexity index is 448. The monoisotopic (exact) mass is 304 g/mol. The van der Waals surface area contributed by atoms with Gasteiger partial charge in [0.2, 0.25) is 0 Å². The highest BCUT2D eigenvalue weighted by Crippen LogP contribution is 2.23. The van der Waals surface area contributed by atoms with Gasteiger partial charge in [-0.25, -0.2) is 4.79 Å². The van der Waals surface area contributed by atoms with Gasteiger partial charge in [-0.1, -0.05) is 59.7 Å². The Hall–Kier alpha value is -1.51. The topological polar surface area (TPSA) is 32.3 Å². The maximum Gasteiger partial charge on any atom is 0.321 e. The summed E-state index contributed by atoms with van der Waals surface area (Å²) in [6.45, 7) is 14.4. The minimum Gasteiger partial charge on any atom is -0.324 e. The number of hydrogen-bond donors (Lipinski definition) is 1. The Morgan fingerprint density at radius 2 is 1.45 bits per heavy atom. The number of para-hydroxylation sites is 1. The van der Waals surface area contributed by atoms with Crippen molar-refractivity contribution in [3.63, 3.8) is 0 Å². The van der Waals surface area contributed by atoms with Gasteiger partial charge in [-0.05, 0) is 35.8 Å². The first-order valence-corrected chi connectivity index (χ1v) is 8.55. The number of anilines is 1.